The van der Waals surface area contributed by atoms with E-state index in [9.17, 15) is 9.18 Å². The monoisotopic (exact) mass is 409 g/mol. The molecular weight excluding hydrogens is 385 g/mol. The Morgan fingerprint density at radius 3 is 2.80 bits per heavy atom. The second kappa shape index (κ2) is 9.54. The first-order valence-electron chi connectivity index (χ1n) is 10.1. The Morgan fingerprint density at radius 1 is 1.13 bits per heavy atom. The van der Waals surface area contributed by atoms with Gasteiger partial charge >= 0.3 is 0 Å². The van der Waals surface area contributed by atoms with Gasteiger partial charge in [-0.15, -0.1) is 0 Å². The van der Waals surface area contributed by atoms with E-state index in [2.05, 4.69) is 15.2 Å². The summed E-state index contributed by atoms with van der Waals surface area (Å²) in [5.74, 6) is 1.63. The van der Waals surface area contributed by atoms with Crippen LogP contribution in [0.4, 0.5) is 10.2 Å². The summed E-state index contributed by atoms with van der Waals surface area (Å²) in [5, 5.41) is 2.94. The van der Waals surface area contributed by atoms with Crippen LogP contribution in [0.2, 0.25) is 0 Å². The molecule has 1 N–H and O–H groups in total. The first kappa shape index (κ1) is 20.1. The minimum atomic E-state index is -0.329. The zero-order valence-corrected chi connectivity index (χ0v) is 16.6. The van der Waals surface area contributed by atoms with Crippen molar-refractivity contribution in [2.24, 2.45) is 0 Å². The van der Waals surface area contributed by atoms with Crippen molar-refractivity contribution in [3.63, 3.8) is 0 Å². The van der Waals surface area contributed by atoms with Crippen LogP contribution in [0, 0.1) is 5.82 Å². The third kappa shape index (κ3) is 5.04. The number of hydrogen-bond donors (Lipinski definition) is 1. The van der Waals surface area contributed by atoms with E-state index in [1.165, 1.54) is 6.07 Å². The molecule has 0 unspecified atom stereocenters. The van der Waals surface area contributed by atoms with Crippen molar-refractivity contribution in [3.05, 3.63) is 71.9 Å². The molecule has 3 heterocycles. The topological polar surface area (TPSA) is 67.6 Å². The van der Waals surface area contributed by atoms with Crippen LogP contribution in [-0.4, -0.2) is 37.2 Å². The average molecular weight is 409 g/mol. The molecule has 0 spiro atoms. The molecule has 3 aromatic rings. The molecule has 1 amide bonds. The maximum atomic E-state index is 13.9. The Kier molecular flexibility index (Phi) is 6.39. The minimum Gasteiger partial charge on any atom is -0.461 e. The summed E-state index contributed by atoms with van der Waals surface area (Å²) in [6.07, 6.45) is 2.51. The largest absolute Gasteiger partial charge is 0.461 e. The Balaban J connectivity index is 1.27. The number of pyridine rings is 1. The van der Waals surface area contributed by atoms with Gasteiger partial charge in [-0.25, -0.2) is 9.37 Å². The number of nitrogens with one attached hydrogen (secondary N) is 1. The number of carbonyl (C=O) groups excluding carboxylic acids is 1. The number of halogens is 1. The van der Waals surface area contributed by atoms with E-state index in [4.69, 9.17) is 9.15 Å². The molecule has 1 aliphatic heterocycles. The predicted molar refractivity (Wildman–Crippen MR) is 112 cm³/mol. The van der Waals surface area contributed by atoms with Crippen molar-refractivity contribution in [1.29, 1.82) is 0 Å². The molecule has 0 radical (unpaired) electrons. The molecule has 7 heteroatoms. The van der Waals surface area contributed by atoms with E-state index in [0.29, 0.717) is 49.7 Å². The highest BCUT2D eigenvalue weighted by Crippen LogP contribution is 2.25. The molecule has 30 heavy (non-hydrogen) atoms. The lowest BCUT2D eigenvalue weighted by atomic mass is 10.1. The molecule has 1 aliphatic rings. The second-order valence-corrected chi connectivity index (χ2v) is 7.14. The molecule has 156 valence electrons. The average Bonchev–Trinajstić information content (AvgIpc) is 3.26. The first-order valence-corrected chi connectivity index (χ1v) is 10.1. The number of furan rings is 1. The summed E-state index contributed by atoms with van der Waals surface area (Å²) in [6.45, 7) is 3.49. The number of morpholine rings is 1. The quantitative estimate of drug-likeness (QED) is 0.646. The highest BCUT2D eigenvalue weighted by Gasteiger charge is 2.13. The van der Waals surface area contributed by atoms with E-state index in [1.54, 1.807) is 36.5 Å². The minimum absolute atomic E-state index is 0.0661. The Bertz CT molecular complexity index is 999. The molecular formula is C23H24FN3O3. The Hall–Kier alpha value is -3.19. The zero-order valence-electron chi connectivity index (χ0n) is 16.6. The SMILES string of the molecule is O=C(CCc1ccc(-c2ccccc2F)o1)NCc1ccnc(N2CCOCC2)c1. The van der Waals surface area contributed by atoms with Crippen LogP contribution >= 0.6 is 0 Å². The number of aryl methyl sites for hydroxylation is 1. The fourth-order valence-corrected chi connectivity index (χ4v) is 3.38. The highest BCUT2D eigenvalue weighted by atomic mass is 19.1. The third-order valence-corrected chi connectivity index (χ3v) is 5.03. The summed E-state index contributed by atoms with van der Waals surface area (Å²) >= 11 is 0. The molecule has 0 bridgehead atoms. The van der Waals surface area contributed by atoms with Gasteiger partial charge in [0.1, 0.15) is 23.2 Å². The molecule has 4 rings (SSSR count). The Morgan fingerprint density at radius 2 is 1.97 bits per heavy atom. The van der Waals surface area contributed by atoms with Gasteiger partial charge in [-0.1, -0.05) is 12.1 Å². The third-order valence-electron chi connectivity index (χ3n) is 5.03. The predicted octanol–water partition coefficient (Wildman–Crippen LogP) is 3.57. The lowest BCUT2D eigenvalue weighted by Crippen LogP contribution is -2.36. The van der Waals surface area contributed by atoms with Gasteiger partial charge in [0.15, 0.2) is 0 Å². The molecule has 1 fully saturated rings. The number of carbonyl (C=O) groups is 1. The van der Waals surface area contributed by atoms with Gasteiger partial charge in [0.25, 0.3) is 0 Å². The van der Waals surface area contributed by atoms with E-state index >= 15 is 0 Å². The molecule has 0 saturated carbocycles. The van der Waals surface area contributed by atoms with E-state index in [-0.39, 0.29) is 11.7 Å². The van der Waals surface area contributed by atoms with Gasteiger partial charge in [-0.3, -0.25) is 4.79 Å². The maximum absolute atomic E-state index is 13.9. The van der Waals surface area contributed by atoms with E-state index in [0.717, 1.165) is 24.5 Å². The van der Waals surface area contributed by atoms with Gasteiger partial charge < -0.3 is 19.4 Å². The van der Waals surface area contributed by atoms with Crippen LogP contribution in [0.1, 0.15) is 17.7 Å². The number of anilines is 1. The second-order valence-electron chi connectivity index (χ2n) is 7.14. The highest BCUT2D eigenvalue weighted by molar-refractivity contribution is 5.76. The Labute approximate surface area is 174 Å². The normalized spacial score (nSPS) is 14.0. The van der Waals surface area contributed by atoms with Crippen LogP contribution in [0.5, 0.6) is 0 Å². The van der Waals surface area contributed by atoms with Crippen molar-refractivity contribution in [2.75, 3.05) is 31.2 Å². The van der Waals surface area contributed by atoms with Gasteiger partial charge in [0, 0.05) is 38.7 Å². The van der Waals surface area contributed by atoms with Crippen LogP contribution in [0.25, 0.3) is 11.3 Å². The van der Waals surface area contributed by atoms with Gasteiger partial charge in [-0.05, 0) is 42.0 Å². The fourth-order valence-electron chi connectivity index (χ4n) is 3.38. The van der Waals surface area contributed by atoms with Gasteiger partial charge in [0.05, 0.1) is 18.8 Å². The van der Waals surface area contributed by atoms with Crippen molar-refractivity contribution in [1.82, 2.24) is 10.3 Å². The maximum Gasteiger partial charge on any atom is 0.220 e. The first-order chi connectivity index (χ1) is 14.7. The van der Waals surface area contributed by atoms with Crippen molar-refractivity contribution in [2.45, 2.75) is 19.4 Å². The number of amides is 1. The summed E-state index contributed by atoms with van der Waals surface area (Å²) < 4.78 is 24.9. The standard InChI is InChI=1S/C23H24FN3O3/c24-20-4-2-1-3-19(20)21-7-5-18(30-21)6-8-23(28)26-16-17-9-10-25-22(15-17)27-11-13-29-14-12-27/h1-5,7,9-10,15H,6,8,11-14,16H2,(H,26,28). The number of hydrogen-bond acceptors (Lipinski definition) is 5. The summed E-state index contributed by atoms with van der Waals surface area (Å²) in [4.78, 5) is 18.8. The van der Waals surface area contributed by atoms with Crippen molar-refractivity contribution < 1.29 is 18.3 Å². The summed E-state index contributed by atoms with van der Waals surface area (Å²) in [7, 11) is 0. The zero-order chi connectivity index (χ0) is 20.8. The summed E-state index contributed by atoms with van der Waals surface area (Å²) in [5.41, 5.74) is 1.42. The van der Waals surface area contributed by atoms with Crippen LogP contribution in [-0.2, 0) is 22.5 Å². The smallest absolute Gasteiger partial charge is 0.220 e. The molecule has 0 aliphatic carbocycles. The number of ether oxygens (including phenoxy) is 1. The number of aromatic nitrogens is 1. The van der Waals surface area contributed by atoms with Gasteiger partial charge in [0.2, 0.25) is 5.91 Å². The van der Waals surface area contributed by atoms with Gasteiger partial charge in [-0.2, -0.15) is 0 Å². The molecule has 0 atom stereocenters. The molecule has 1 saturated heterocycles. The van der Waals surface area contributed by atoms with Crippen molar-refractivity contribution in [3.8, 4) is 11.3 Å². The number of rotatable bonds is 7. The summed E-state index contributed by atoms with van der Waals surface area (Å²) in [6, 6.07) is 13.9. The molecule has 1 aromatic carbocycles. The van der Waals surface area contributed by atoms with Crippen LogP contribution in [0.15, 0.2) is 59.1 Å². The van der Waals surface area contributed by atoms with E-state index < -0.39 is 0 Å². The molecule has 6 nitrogen and oxygen atoms in total. The van der Waals surface area contributed by atoms with Crippen molar-refractivity contribution >= 4 is 11.7 Å². The lowest BCUT2D eigenvalue weighted by Gasteiger charge is -2.28. The van der Waals surface area contributed by atoms with E-state index in [1.807, 2.05) is 12.1 Å². The molecule has 2 aromatic heterocycles. The van der Waals surface area contributed by atoms with Crippen LogP contribution in [0.3, 0.4) is 0 Å². The van der Waals surface area contributed by atoms with Crippen LogP contribution < -0.4 is 10.2 Å². The number of benzene rings is 1. The number of nitrogens with zero attached hydrogens (tertiary/aromatic N) is 2. The fraction of sp³-hybridized carbons (Fsp3) is 0.304. The lowest BCUT2D eigenvalue weighted by molar-refractivity contribution is -0.121.